The van der Waals surface area contributed by atoms with Crippen LogP contribution in [0.1, 0.15) is 64.7 Å². The molecule has 0 aromatic carbocycles. The van der Waals surface area contributed by atoms with Crippen molar-refractivity contribution < 1.29 is 4.74 Å². The summed E-state index contributed by atoms with van der Waals surface area (Å²) < 4.78 is 5.55. The molecule has 0 amide bonds. The molecule has 7 heteroatoms. The first kappa shape index (κ1) is 24.5. The fraction of sp³-hybridized carbons (Fsp3) is 0.957. The van der Waals surface area contributed by atoms with Crippen molar-refractivity contribution in [1.82, 2.24) is 20.0 Å². The van der Waals surface area contributed by atoms with Crippen molar-refractivity contribution in [3.8, 4) is 0 Å². The minimum atomic E-state index is 0. The number of nitrogens with zero attached hydrogens (tertiary/aromatic N) is 4. The zero-order chi connectivity index (χ0) is 19.9. The highest BCUT2D eigenvalue weighted by Crippen LogP contribution is 2.36. The van der Waals surface area contributed by atoms with Crippen LogP contribution in [0.25, 0.3) is 0 Å². The predicted octanol–water partition coefficient (Wildman–Crippen LogP) is 3.17. The highest BCUT2D eigenvalue weighted by atomic mass is 127. The first-order chi connectivity index (χ1) is 14.3. The number of rotatable bonds is 5. The Morgan fingerprint density at radius 1 is 0.967 bits per heavy atom. The summed E-state index contributed by atoms with van der Waals surface area (Å²) in [6.07, 6.45) is 12.3. The molecule has 3 saturated heterocycles. The van der Waals surface area contributed by atoms with E-state index in [1.807, 2.05) is 0 Å². The molecule has 0 spiro atoms. The van der Waals surface area contributed by atoms with Crippen molar-refractivity contribution in [1.29, 1.82) is 0 Å². The Morgan fingerprint density at radius 2 is 1.67 bits per heavy atom. The molecule has 30 heavy (non-hydrogen) atoms. The van der Waals surface area contributed by atoms with Crippen molar-refractivity contribution in [2.45, 2.75) is 76.3 Å². The number of halogens is 1. The monoisotopic (exact) mass is 533 g/mol. The average Bonchev–Trinajstić information content (AvgIpc) is 3.29. The minimum Gasteiger partial charge on any atom is -0.379 e. The number of piperidine rings is 1. The van der Waals surface area contributed by atoms with Crippen LogP contribution in [0.3, 0.4) is 0 Å². The first-order valence-corrected chi connectivity index (χ1v) is 12.4. The van der Waals surface area contributed by atoms with Gasteiger partial charge in [0.15, 0.2) is 5.96 Å². The van der Waals surface area contributed by atoms with Crippen LogP contribution >= 0.6 is 24.0 Å². The lowest BCUT2D eigenvalue weighted by atomic mass is 9.79. The molecule has 3 heterocycles. The quantitative estimate of drug-likeness (QED) is 0.334. The molecule has 0 aromatic heterocycles. The van der Waals surface area contributed by atoms with Crippen molar-refractivity contribution in [3.63, 3.8) is 0 Å². The Morgan fingerprint density at radius 3 is 2.37 bits per heavy atom. The Bertz CT molecular complexity index is 528. The van der Waals surface area contributed by atoms with Crippen molar-refractivity contribution >= 4 is 29.9 Å². The van der Waals surface area contributed by atoms with Crippen LogP contribution in [-0.2, 0) is 4.74 Å². The van der Waals surface area contributed by atoms with E-state index in [1.54, 1.807) is 0 Å². The number of aliphatic imine (C=N–C) groups is 1. The molecule has 1 aliphatic carbocycles. The highest BCUT2D eigenvalue weighted by Gasteiger charge is 2.39. The highest BCUT2D eigenvalue weighted by molar-refractivity contribution is 14.0. The molecule has 1 atom stereocenters. The van der Waals surface area contributed by atoms with Gasteiger partial charge in [-0.15, -0.1) is 24.0 Å². The first-order valence-electron chi connectivity index (χ1n) is 12.4. The smallest absolute Gasteiger partial charge is 0.194 e. The zero-order valence-corrected chi connectivity index (χ0v) is 21.4. The Labute approximate surface area is 201 Å². The van der Waals surface area contributed by atoms with Gasteiger partial charge < -0.3 is 15.0 Å². The van der Waals surface area contributed by atoms with Crippen LogP contribution in [-0.4, -0.2) is 97.8 Å². The van der Waals surface area contributed by atoms with Gasteiger partial charge in [-0.25, -0.2) is 0 Å². The largest absolute Gasteiger partial charge is 0.379 e. The summed E-state index contributed by atoms with van der Waals surface area (Å²) in [7, 11) is 0. The van der Waals surface area contributed by atoms with Crippen LogP contribution in [0.2, 0.25) is 0 Å². The molecule has 4 fully saturated rings. The van der Waals surface area contributed by atoms with E-state index in [1.165, 1.54) is 70.9 Å². The Balaban J connectivity index is 0.00000256. The zero-order valence-electron chi connectivity index (χ0n) is 19.1. The van der Waals surface area contributed by atoms with Gasteiger partial charge in [0.05, 0.1) is 19.8 Å². The average molecular weight is 534 g/mol. The van der Waals surface area contributed by atoms with Crippen molar-refractivity contribution in [2.75, 3.05) is 65.6 Å². The number of guanidine groups is 1. The number of ether oxygens (including phenoxy) is 1. The van der Waals surface area contributed by atoms with Gasteiger partial charge in [0.2, 0.25) is 0 Å². The SMILES string of the molecule is CCNC(=NCC1(N2CCCCC2)CCCCC1)N1CCC(N2CCOCC2)C1.I. The maximum atomic E-state index is 5.55. The lowest BCUT2D eigenvalue weighted by molar-refractivity contribution is 0.0194. The topological polar surface area (TPSA) is 43.3 Å². The van der Waals surface area contributed by atoms with Crippen LogP contribution in [0, 0.1) is 0 Å². The molecular weight excluding hydrogens is 489 g/mol. The second-order valence-corrected chi connectivity index (χ2v) is 9.54. The lowest BCUT2D eigenvalue weighted by Crippen LogP contribution is -2.55. The molecular formula is C23H44IN5O. The normalized spacial score (nSPS) is 28.9. The third-order valence-corrected chi connectivity index (χ3v) is 7.69. The van der Waals surface area contributed by atoms with E-state index in [4.69, 9.17) is 9.73 Å². The molecule has 1 N–H and O–H groups in total. The molecule has 0 aromatic rings. The van der Waals surface area contributed by atoms with Crippen LogP contribution in [0.4, 0.5) is 0 Å². The van der Waals surface area contributed by atoms with Gasteiger partial charge in [-0.05, 0) is 52.1 Å². The second-order valence-electron chi connectivity index (χ2n) is 9.54. The van der Waals surface area contributed by atoms with Crippen LogP contribution in [0.15, 0.2) is 4.99 Å². The van der Waals surface area contributed by atoms with E-state index in [2.05, 4.69) is 26.9 Å². The van der Waals surface area contributed by atoms with Crippen molar-refractivity contribution in [3.05, 3.63) is 0 Å². The van der Waals surface area contributed by atoms with Gasteiger partial charge in [0, 0.05) is 44.3 Å². The van der Waals surface area contributed by atoms with E-state index in [0.29, 0.717) is 11.6 Å². The van der Waals surface area contributed by atoms with Crippen LogP contribution < -0.4 is 5.32 Å². The number of hydrogen-bond acceptors (Lipinski definition) is 4. The summed E-state index contributed by atoms with van der Waals surface area (Å²) in [6.45, 7) is 12.9. The molecule has 4 rings (SSSR count). The maximum absolute atomic E-state index is 5.55. The van der Waals surface area contributed by atoms with Crippen molar-refractivity contribution in [2.24, 2.45) is 4.99 Å². The Hall–Kier alpha value is -0.120. The second kappa shape index (κ2) is 12.2. The molecule has 4 aliphatic rings. The molecule has 1 saturated carbocycles. The summed E-state index contributed by atoms with van der Waals surface area (Å²) >= 11 is 0. The van der Waals surface area contributed by atoms with Gasteiger partial charge in [0.1, 0.15) is 0 Å². The fourth-order valence-corrected chi connectivity index (χ4v) is 5.98. The number of nitrogens with one attached hydrogen (secondary N) is 1. The number of hydrogen-bond donors (Lipinski definition) is 1. The molecule has 1 unspecified atom stereocenters. The third kappa shape index (κ3) is 6.01. The summed E-state index contributed by atoms with van der Waals surface area (Å²) in [6, 6.07) is 0.661. The van der Waals surface area contributed by atoms with Gasteiger partial charge in [-0.2, -0.15) is 0 Å². The molecule has 0 bridgehead atoms. The van der Waals surface area contributed by atoms with Crippen LogP contribution in [0.5, 0.6) is 0 Å². The van der Waals surface area contributed by atoms with Gasteiger partial charge >= 0.3 is 0 Å². The molecule has 3 aliphatic heterocycles. The van der Waals surface area contributed by atoms with Gasteiger partial charge in [-0.1, -0.05) is 25.7 Å². The predicted molar refractivity (Wildman–Crippen MR) is 135 cm³/mol. The van der Waals surface area contributed by atoms with Gasteiger partial charge in [-0.3, -0.25) is 14.8 Å². The summed E-state index contributed by atoms with van der Waals surface area (Å²) in [5.41, 5.74) is 0.322. The Kier molecular flexibility index (Phi) is 9.98. The summed E-state index contributed by atoms with van der Waals surface area (Å²) in [5, 5.41) is 3.62. The van der Waals surface area contributed by atoms with Gasteiger partial charge in [0.25, 0.3) is 0 Å². The molecule has 0 radical (unpaired) electrons. The van der Waals surface area contributed by atoms with E-state index in [-0.39, 0.29) is 24.0 Å². The third-order valence-electron chi connectivity index (χ3n) is 7.69. The number of morpholine rings is 1. The standard InChI is InChI=1S/C23H43N5O.HI/c1-2-24-22(27-14-9-21(19-27)26-15-17-29-18-16-26)25-20-23(10-5-3-6-11-23)28-12-7-4-8-13-28;/h21H,2-20H2,1H3,(H,24,25);1H. The minimum absolute atomic E-state index is 0. The van der Waals surface area contributed by atoms with E-state index in [9.17, 15) is 0 Å². The number of likely N-dealkylation sites (tertiary alicyclic amines) is 2. The maximum Gasteiger partial charge on any atom is 0.194 e. The van der Waals surface area contributed by atoms with E-state index >= 15 is 0 Å². The van der Waals surface area contributed by atoms with E-state index in [0.717, 1.165) is 58.4 Å². The molecule has 174 valence electrons. The van der Waals surface area contributed by atoms with E-state index < -0.39 is 0 Å². The lowest BCUT2D eigenvalue weighted by Gasteiger charge is -2.47. The molecule has 6 nitrogen and oxygen atoms in total. The summed E-state index contributed by atoms with van der Waals surface area (Å²) in [4.78, 5) is 13.3. The fourth-order valence-electron chi connectivity index (χ4n) is 5.98. The summed E-state index contributed by atoms with van der Waals surface area (Å²) in [5.74, 6) is 1.16.